The van der Waals surface area contributed by atoms with Crippen molar-refractivity contribution in [3.05, 3.63) is 47.4 Å². The van der Waals surface area contributed by atoms with Crippen molar-refractivity contribution in [3.63, 3.8) is 0 Å². The Bertz CT molecular complexity index is 774. The SMILES string of the molecule is CCc1noc(CN2C(=O)N[C@@](CC)(c3ccc(F)cc3)C2=O)n1. The standard InChI is InChI=1S/C16H17FN4O3/c1-3-12-18-13(24-20-12)9-21-14(22)16(4-2,19-15(21)23)10-5-7-11(17)8-6-10/h5-8H,3-4,9H2,1-2H3,(H,19,23)/t16-/m0/s1. The van der Waals surface area contributed by atoms with Crippen molar-refractivity contribution in [3.8, 4) is 0 Å². The normalized spacial score (nSPS) is 20.5. The van der Waals surface area contributed by atoms with Crippen LogP contribution in [0.15, 0.2) is 28.8 Å². The van der Waals surface area contributed by atoms with E-state index in [-0.39, 0.29) is 12.4 Å². The molecule has 0 aliphatic carbocycles. The van der Waals surface area contributed by atoms with Crippen LogP contribution in [0.4, 0.5) is 9.18 Å². The lowest BCUT2D eigenvalue weighted by atomic mass is 9.87. The van der Waals surface area contributed by atoms with Crippen LogP contribution in [0.5, 0.6) is 0 Å². The lowest BCUT2D eigenvalue weighted by Gasteiger charge is -2.25. The molecule has 24 heavy (non-hydrogen) atoms. The van der Waals surface area contributed by atoms with Crippen molar-refractivity contribution in [2.24, 2.45) is 0 Å². The highest BCUT2D eigenvalue weighted by molar-refractivity contribution is 6.07. The van der Waals surface area contributed by atoms with Gasteiger partial charge in [0, 0.05) is 6.42 Å². The second-order valence-electron chi connectivity index (χ2n) is 5.55. The number of aryl methyl sites for hydroxylation is 1. The van der Waals surface area contributed by atoms with E-state index in [4.69, 9.17) is 4.52 Å². The van der Waals surface area contributed by atoms with E-state index in [9.17, 15) is 14.0 Å². The van der Waals surface area contributed by atoms with Gasteiger partial charge in [-0.05, 0) is 24.1 Å². The van der Waals surface area contributed by atoms with E-state index in [1.165, 1.54) is 24.3 Å². The Morgan fingerprint density at radius 2 is 1.96 bits per heavy atom. The van der Waals surface area contributed by atoms with E-state index in [1.807, 2.05) is 6.92 Å². The molecule has 3 rings (SSSR count). The van der Waals surface area contributed by atoms with Crippen LogP contribution in [0.25, 0.3) is 0 Å². The minimum Gasteiger partial charge on any atom is -0.337 e. The van der Waals surface area contributed by atoms with Gasteiger partial charge in [0.05, 0.1) is 0 Å². The summed E-state index contributed by atoms with van der Waals surface area (Å²) in [5.41, 5.74) is -0.676. The van der Waals surface area contributed by atoms with E-state index in [0.29, 0.717) is 24.2 Å². The number of carbonyl (C=O) groups is 2. The molecule has 0 spiro atoms. The Hall–Kier alpha value is -2.77. The Labute approximate surface area is 137 Å². The molecule has 1 aromatic carbocycles. The molecule has 0 saturated carbocycles. The monoisotopic (exact) mass is 332 g/mol. The second kappa shape index (κ2) is 6.03. The predicted octanol–water partition coefficient (Wildman–Crippen LogP) is 2.13. The number of hydrogen-bond acceptors (Lipinski definition) is 5. The predicted molar refractivity (Wildman–Crippen MR) is 81.1 cm³/mol. The summed E-state index contributed by atoms with van der Waals surface area (Å²) in [6, 6.07) is 4.99. The first-order valence-corrected chi connectivity index (χ1v) is 7.71. The molecule has 2 aromatic rings. The minimum atomic E-state index is -1.21. The number of nitrogens with one attached hydrogen (secondary N) is 1. The summed E-state index contributed by atoms with van der Waals surface area (Å²) in [5, 5.41) is 6.47. The van der Waals surface area contributed by atoms with E-state index < -0.39 is 23.3 Å². The third kappa shape index (κ3) is 2.53. The molecule has 126 valence electrons. The third-order valence-corrected chi connectivity index (χ3v) is 4.16. The molecule has 1 aliphatic rings. The highest BCUT2D eigenvalue weighted by Crippen LogP contribution is 2.33. The lowest BCUT2D eigenvalue weighted by molar-refractivity contribution is -0.132. The van der Waals surface area contributed by atoms with Crippen LogP contribution in [-0.2, 0) is 23.3 Å². The van der Waals surface area contributed by atoms with E-state index >= 15 is 0 Å². The summed E-state index contributed by atoms with van der Waals surface area (Å²) >= 11 is 0. The van der Waals surface area contributed by atoms with Crippen molar-refractivity contribution >= 4 is 11.9 Å². The van der Waals surface area contributed by atoms with Crippen LogP contribution in [0.1, 0.15) is 37.5 Å². The molecule has 1 N–H and O–H groups in total. The Morgan fingerprint density at radius 1 is 1.25 bits per heavy atom. The molecule has 1 aliphatic heterocycles. The molecule has 0 radical (unpaired) electrons. The maximum atomic E-state index is 13.2. The number of aromatic nitrogens is 2. The molecule has 0 unspecified atom stereocenters. The van der Waals surface area contributed by atoms with Gasteiger partial charge in [-0.15, -0.1) is 0 Å². The van der Waals surface area contributed by atoms with Gasteiger partial charge in [-0.3, -0.25) is 9.69 Å². The molecular weight excluding hydrogens is 315 g/mol. The van der Waals surface area contributed by atoms with Gasteiger partial charge in [-0.25, -0.2) is 9.18 Å². The van der Waals surface area contributed by atoms with E-state index in [2.05, 4.69) is 15.5 Å². The number of nitrogens with zero attached hydrogens (tertiary/aromatic N) is 3. The third-order valence-electron chi connectivity index (χ3n) is 4.16. The summed E-state index contributed by atoms with van der Waals surface area (Å²) in [5.74, 6) is -0.117. The van der Waals surface area contributed by atoms with Crippen LogP contribution in [0, 0.1) is 5.82 Å². The number of amides is 3. The summed E-state index contributed by atoms with van der Waals surface area (Å²) in [6.45, 7) is 3.56. The van der Waals surface area contributed by atoms with Gasteiger partial charge < -0.3 is 9.84 Å². The van der Waals surface area contributed by atoms with Crippen molar-refractivity contribution in [1.29, 1.82) is 0 Å². The number of carbonyl (C=O) groups excluding carboxylic acids is 2. The lowest BCUT2D eigenvalue weighted by Crippen LogP contribution is -2.43. The van der Waals surface area contributed by atoms with Gasteiger partial charge in [0.1, 0.15) is 17.9 Å². The fourth-order valence-electron chi connectivity index (χ4n) is 2.78. The average molecular weight is 332 g/mol. The molecule has 2 heterocycles. The summed E-state index contributed by atoms with van der Waals surface area (Å²) in [6.07, 6.45) is 0.932. The Morgan fingerprint density at radius 3 is 2.54 bits per heavy atom. The topological polar surface area (TPSA) is 88.3 Å². The van der Waals surface area contributed by atoms with Crippen LogP contribution in [-0.4, -0.2) is 27.0 Å². The van der Waals surface area contributed by atoms with Gasteiger partial charge in [0.2, 0.25) is 5.89 Å². The molecule has 7 nitrogen and oxygen atoms in total. The molecule has 1 atom stereocenters. The first kappa shape index (κ1) is 16.1. The zero-order valence-corrected chi connectivity index (χ0v) is 13.4. The van der Waals surface area contributed by atoms with Crippen LogP contribution < -0.4 is 5.32 Å². The van der Waals surface area contributed by atoms with Gasteiger partial charge >= 0.3 is 6.03 Å². The van der Waals surface area contributed by atoms with Crippen LogP contribution in [0.3, 0.4) is 0 Å². The highest BCUT2D eigenvalue weighted by atomic mass is 19.1. The maximum Gasteiger partial charge on any atom is 0.325 e. The van der Waals surface area contributed by atoms with E-state index in [0.717, 1.165) is 4.90 Å². The number of rotatable bonds is 5. The average Bonchev–Trinajstić information content (AvgIpc) is 3.14. The molecule has 1 saturated heterocycles. The van der Waals surface area contributed by atoms with Gasteiger partial charge in [-0.1, -0.05) is 31.1 Å². The quantitative estimate of drug-likeness (QED) is 0.847. The fourth-order valence-corrected chi connectivity index (χ4v) is 2.78. The summed E-state index contributed by atoms with van der Waals surface area (Å²) in [4.78, 5) is 30.4. The summed E-state index contributed by atoms with van der Waals surface area (Å²) in [7, 11) is 0. The van der Waals surface area contributed by atoms with Crippen LogP contribution in [0.2, 0.25) is 0 Å². The van der Waals surface area contributed by atoms with Gasteiger partial charge in [0.15, 0.2) is 5.82 Å². The van der Waals surface area contributed by atoms with Crippen molar-refractivity contribution < 1.29 is 18.5 Å². The smallest absolute Gasteiger partial charge is 0.325 e. The number of benzene rings is 1. The molecule has 3 amide bonds. The largest absolute Gasteiger partial charge is 0.337 e. The minimum absolute atomic E-state index is 0.0966. The highest BCUT2D eigenvalue weighted by Gasteiger charge is 2.51. The first-order chi connectivity index (χ1) is 11.5. The number of halogens is 1. The van der Waals surface area contributed by atoms with Gasteiger partial charge in [0.25, 0.3) is 5.91 Å². The van der Waals surface area contributed by atoms with Crippen molar-refractivity contribution in [2.75, 3.05) is 0 Å². The Kier molecular flexibility index (Phi) is 4.04. The zero-order valence-electron chi connectivity index (χ0n) is 13.4. The molecular formula is C16H17FN4O3. The number of hydrogen-bond donors (Lipinski definition) is 1. The second-order valence-corrected chi connectivity index (χ2v) is 5.55. The number of imide groups is 1. The maximum absolute atomic E-state index is 13.2. The Balaban J connectivity index is 1.90. The van der Waals surface area contributed by atoms with E-state index in [1.54, 1.807) is 6.92 Å². The zero-order chi connectivity index (χ0) is 17.3. The first-order valence-electron chi connectivity index (χ1n) is 7.71. The summed E-state index contributed by atoms with van der Waals surface area (Å²) < 4.78 is 18.2. The molecule has 8 heteroatoms. The fraction of sp³-hybridized carbons (Fsp3) is 0.375. The molecule has 1 aromatic heterocycles. The van der Waals surface area contributed by atoms with Crippen molar-refractivity contribution in [1.82, 2.24) is 20.4 Å². The molecule has 1 fully saturated rings. The van der Waals surface area contributed by atoms with Crippen LogP contribution >= 0.6 is 0 Å². The van der Waals surface area contributed by atoms with Crippen molar-refractivity contribution in [2.45, 2.75) is 38.8 Å². The number of urea groups is 1. The van der Waals surface area contributed by atoms with Gasteiger partial charge in [-0.2, -0.15) is 4.98 Å². The molecule has 0 bridgehead atoms.